The lowest BCUT2D eigenvalue weighted by atomic mass is 9.90. The summed E-state index contributed by atoms with van der Waals surface area (Å²) in [7, 11) is 1.99. The first kappa shape index (κ1) is 16.8. The number of carbonyl (C=O) groups is 1. The second-order valence-electron chi connectivity index (χ2n) is 7.10. The number of nitrogens with one attached hydrogen (secondary N) is 1. The summed E-state index contributed by atoms with van der Waals surface area (Å²) < 4.78 is 5.48. The molecule has 1 saturated heterocycles. The molecule has 0 aliphatic carbocycles. The van der Waals surface area contributed by atoms with E-state index in [0.717, 1.165) is 19.5 Å². The summed E-state index contributed by atoms with van der Waals surface area (Å²) in [5.74, 6) is 0.415. The van der Waals surface area contributed by atoms with E-state index in [-0.39, 0.29) is 12.1 Å². The number of amides is 1. The fourth-order valence-corrected chi connectivity index (χ4v) is 3.13. The van der Waals surface area contributed by atoms with Crippen LogP contribution in [0.25, 0.3) is 0 Å². The zero-order valence-electron chi connectivity index (χ0n) is 14.3. The molecule has 2 unspecified atom stereocenters. The third kappa shape index (κ3) is 4.01. The van der Waals surface area contributed by atoms with Crippen LogP contribution in [0.2, 0.25) is 0 Å². The quantitative estimate of drug-likeness (QED) is 0.929. The van der Waals surface area contributed by atoms with Gasteiger partial charge in [-0.1, -0.05) is 24.3 Å². The number of likely N-dealkylation sites (tertiary alicyclic amines) is 1. The molecular formula is C18H28N2O2. The van der Waals surface area contributed by atoms with E-state index in [1.165, 1.54) is 11.1 Å². The van der Waals surface area contributed by atoms with E-state index in [1.807, 2.05) is 32.7 Å². The van der Waals surface area contributed by atoms with Gasteiger partial charge in [-0.3, -0.25) is 0 Å². The number of ether oxygens (including phenoxy) is 1. The number of aryl methyl sites for hydroxylation is 1. The minimum atomic E-state index is -0.437. The van der Waals surface area contributed by atoms with E-state index in [0.29, 0.717) is 5.92 Å². The maximum atomic E-state index is 12.2. The Morgan fingerprint density at radius 3 is 2.64 bits per heavy atom. The van der Waals surface area contributed by atoms with Crippen LogP contribution >= 0.6 is 0 Å². The summed E-state index contributed by atoms with van der Waals surface area (Å²) >= 11 is 0. The van der Waals surface area contributed by atoms with Crippen molar-refractivity contribution in [3.05, 3.63) is 35.4 Å². The molecule has 1 aliphatic rings. The van der Waals surface area contributed by atoms with Gasteiger partial charge in [0.15, 0.2) is 0 Å². The molecule has 122 valence electrons. The molecular weight excluding hydrogens is 276 g/mol. The highest BCUT2D eigenvalue weighted by Gasteiger charge is 2.34. The van der Waals surface area contributed by atoms with E-state index in [2.05, 4.69) is 36.5 Å². The average Bonchev–Trinajstić information content (AvgIpc) is 2.89. The highest BCUT2D eigenvalue weighted by atomic mass is 16.6. The Kier molecular flexibility index (Phi) is 5.12. The Morgan fingerprint density at radius 2 is 2.05 bits per heavy atom. The lowest BCUT2D eigenvalue weighted by molar-refractivity contribution is 0.0285. The number of benzene rings is 1. The third-order valence-electron chi connectivity index (χ3n) is 4.18. The number of hydrogen-bond donors (Lipinski definition) is 1. The van der Waals surface area contributed by atoms with Crippen LogP contribution in [0.3, 0.4) is 0 Å². The molecule has 1 heterocycles. The number of hydrogen-bond acceptors (Lipinski definition) is 3. The lowest BCUT2D eigenvalue weighted by Crippen LogP contribution is -2.36. The van der Waals surface area contributed by atoms with Gasteiger partial charge in [0.25, 0.3) is 0 Å². The SMILES string of the molecule is CNC(c1ccccc1C)C1CCN(C(=O)OC(C)(C)C)C1. The predicted octanol–water partition coefficient (Wildman–Crippen LogP) is 3.51. The van der Waals surface area contributed by atoms with Crippen LogP contribution in [-0.2, 0) is 4.74 Å². The Morgan fingerprint density at radius 1 is 1.36 bits per heavy atom. The van der Waals surface area contributed by atoms with Gasteiger partial charge in [-0.25, -0.2) is 4.79 Å². The summed E-state index contributed by atoms with van der Waals surface area (Å²) in [5.41, 5.74) is 2.17. The van der Waals surface area contributed by atoms with Crippen molar-refractivity contribution < 1.29 is 9.53 Å². The molecule has 0 radical (unpaired) electrons. The van der Waals surface area contributed by atoms with Crippen LogP contribution < -0.4 is 5.32 Å². The molecule has 0 saturated carbocycles. The first-order valence-corrected chi connectivity index (χ1v) is 8.02. The van der Waals surface area contributed by atoms with Crippen molar-refractivity contribution in [1.82, 2.24) is 10.2 Å². The van der Waals surface area contributed by atoms with E-state index >= 15 is 0 Å². The molecule has 1 fully saturated rings. The van der Waals surface area contributed by atoms with E-state index in [4.69, 9.17) is 4.74 Å². The molecule has 4 nitrogen and oxygen atoms in total. The first-order chi connectivity index (χ1) is 10.3. The maximum Gasteiger partial charge on any atom is 0.410 e. The van der Waals surface area contributed by atoms with Crippen molar-refractivity contribution in [2.24, 2.45) is 5.92 Å². The molecule has 0 spiro atoms. The fourth-order valence-electron chi connectivity index (χ4n) is 3.13. The maximum absolute atomic E-state index is 12.2. The molecule has 0 aromatic heterocycles. The zero-order valence-corrected chi connectivity index (χ0v) is 14.3. The minimum absolute atomic E-state index is 0.199. The second kappa shape index (κ2) is 6.69. The smallest absolute Gasteiger partial charge is 0.410 e. The zero-order chi connectivity index (χ0) is 16.3. The summed E-state index contributed by atoms with van der Waals surface area (Å²) in [6.07, 6.45) is 0.800. The molecule has 2 rings (SSSR count). The molecule has 1 aromatic carbocycles. The largest absolute Gasteiger partial charge is 0.444 e. The fraction of sp³-hybridized carbons (Fsp3) is 0.611. The topological polar surface area (TPSA) is 41.6 Å². The van der Waals surface area contributed by atoms with Gasteiger partial charge in [-0.15, -0.1) is 0 Å². The molecule has 1 aliphatic heterocycles. The molecule has 1 amide bonds. The van der Waals surface area contributed by atoms with Crippen LogP contribution in [0.5, 0.6) is 0 Å². The third-order valence-corrected chi connectivity index (χ3v) is 4.18. The average molecular weight is 304 g/mol. The van der Waals surface area contributed by atoms with Crippen molar-refractivity contribution >= 4 is 6.09 Å². The molecule has 4 heteroatoms. The Labute approximate surface area is 133 Å². The van der Waals surface area contributed by atoms with Crippen molar-refractivity contribution in [2.45, 2.75) is 45.8 Å². The Hall–Kier alpha value is -1.55. The van der Waals surface area contributed by atoms with Gasteiger partial charge in [0, 0.05) is 19.1 Å². The minimum Gasteiger partial charge on any atom is -0.444 e. The van der Waals surface area contributed by atoms with Crippen LogP contribution in [0.15, 0.2) is 24.3 Å². The van der Waals surface area contributed by atoms with Gasteiger partial charge >= 0.3 is 6.09 Å². The Bertz CT molecular complexity index is 522. The van der Waals surface area contributed by atoms with Gasteiger partial charge < -0.3 is 15.0 Å². The number of nitrogens with zero attached hydrogens (tertiary/aromatic N) is 1. The molecule has 1 aromatic rings. The normalized spacial score (nSPS) is 20.0. The molecule has 2 atom stereocenters. The van der Waals surface area contributed by atoms with Crippen molar-refractivity contribution in [3.8, 4) is 0 Å². The van der Waals surface area contributed by atoms with Gasteiger partial charge in [-0.2, -0.15) is 0 Å². The van der Waals surface area contributed by atoms with Crippen LogP contribution in [0, 0.1) is 12.8 Å². The van der Waals surface area contributed by atoms with Crippen LogP contribution in [0.1, 0.15) is 44.4 Å². The van der Waals surface area contributed by atoms with E-state index < -0.39 is 5.60 Å². The first-order valence-electron chi connectivity index (χ1n) is 8.02. The summed E-state index contributed by atoms with van der Waals surface area (Å²) in [6.45, 7) is 9.37. The highest BCUT2D eigenvalue weighted by molar-refractivity contribution is 5.68. The van der Waals surface area contributed by atoms with E-state index in [1.54, 1.807) is 0 Å². The van der Waals surface area contributed by atoms with Gasteiger partial charge in [0.1, 0.15) is 5.60 Å². The standard InChI is InChI=1S/C18H28N2O2/c1-13-8-6-7-9-15(13)16(19-5)14-10-11-20(12-14)17(21)22-18(2,3)4/h6-9,14,16,19H,10-12H2,1-5H3. The molecule has 0 bridgehead atoms. The summed E-state index contributed by atoms with van der Waals surface area (Å²) in [5, 5.41) is 3.43. The second-order valence-corrected chi connectivity index (χ2v) is 7.10. The summed E-state index contributed by atoms with van der Waals surface area (Å²) in [4.78, 5) is 14.0. The van der Waals surface area contributed by atoms with Crippen LogP contribution in [-0.4, -0.2) is 36.7 Å². The summed E-state index contributed by atoms with van der Waals surface area (Å²) in [6, 6.07) is 8.72. The van der Waals surface area contributed by atoms with Crippen LogP contribution in [0.4, 0.5) is 4.79 Å². The van der Waals surface area contributed by atoms with Gasteiger partial charge in [0.05, 0.1) is 0 Å². The van der Waals surface area contributed by atoms with Gasteiger partial charge in [0.2, 0.25) is 0 Å². The van der Waals surface area contributed by atoms with Crippen molar-refractivity contribution in [2.75, 3.05) is 20.1 Å². The molecule has 22 heavy (non-hydrogen) atoms. The van der Waals surface area contributed by atoms with Crippen molar-refractivity contribution in [1.29, 1.82) is 0 Å². The van der Waals surface area contributed by atoms with E-state index in [9.17, 15) is 4.79 Å². The number of rotatable bonds is 3. The predicted molar refractivity (Wildman–Crippen MR) is 88.9 cm³/mol. The Balaban J connectivity index is 2.05. The van der Waals surface area contributed by atoms with Crippen molar-refractivity contribution in [3.63, 3.8) is 0 Å². The lowest BCUT2D eigenvalue weighted by Gasteiger charge is -2.27. The molecule has 1 N–H and O–H groups in total. The monoisotopic (exact) mass is 304 g/mol. The highest BCUT2D eigenvalue weighted by Crippen LogP contribution is 2.32. The van der Waals surface area contributed by atoms with Gasteiger partial charge in [-0.05, 0) is 58.2 Å². The number of carbonyl (C=O) groups excluding carboxylic acids is 1.